The summed E-state index contributed by atoms with van der Waals surface area (Å²) in [6.07, 6.45) is 5.18. The van der Waals surface area contributed by atoms with Crippen molar-refractivity contribution in [1.29, 1.82) is 0 Å². The highest BCUT2D eigenvalue weighted by Gasteiger charge is 2.25. The molecule has 0 saturated carbocycles. The molecule has 1 aliphatic rings. The molecule has 0 aromatic carbocycles. The molecule has 0 aromatic rings. The predicted octanol–water partition coefficient (Wildman–Crippen LogP) is 3.22. The maximum Gasteiger partial charge on any atom is 0.224 e. The van der Waals surface area contributed by atoms with E-state index in [-0.39, 0.29) is 12.4 Å². The maximum atomic E-state index is 12.5. The smallest absolute Gasteiger partial charge is 0.224 e. The number of halogens is 1. The fourth-order valence-corrected chi connectivity index (χ4v) is 2.84. The molecular weight excluding hydrogens is 260 g/mol. The molecule has 0 bridgehead atoms. The number of hydrogen-bond donors (Lipinski definition) is 1. The fourth-order valence-electron chi connectivity index (χ4n) is 2.84. The Bertz CT molecular complexity index is 249. The lowest BCUT2D eigenvalue weighted by atomic mass is 10.0. The highest BCUT2D eigenvalue weighted by atomic mass is 35.5. The molecule has 19 heavy (non-hydrogen) atoms. The second-order valence-electron chi connectivity index (χ2n) is 5.91. The Kier molecular flexibility index (Phi) is 9.46. The van der Waals surface area contributed by atoms with E-state index in [9.17, 15) is 4.79 Å². The molecule has 0 aliphatic carbocycles. The van der Waals surface area contributed by atoms with E-state index in [1.807, 2.05) is 0 Å². The van der Waals surface area contributed by atoms with E-state index in [2.05, 4.69) is 37.9 Å². The summed E-state index contributed by atoms with van der Waals surface area (Å²) in [5, 5.41) is 3.42. The first kappa shape index (κ1) is 18.7. The van der Waals surface area contributed by atoms with Crippen molar-refractivity contribution in [2.24, 2.45) is 5.92 Å². The van der Waals surface area contributed by atoms with Crippen molar-refractivity contribution < 1.29 is 4.79 Å². The molecule has 0 aromatic heterocycles. The Labute approximate surface area is 124 Å². The molecular formula is C15H31ClN2O. The van der Waals surface area contributed by atoms with Crippen LogP contribution in [0.2, 0.25) is 0 Å². The van der Waals surface area contributed by atoms with Crippen LogP contribution in [0.25, 0.3) is 0 Å². The molecule has 0 radical (unpaired) electrons. The monoisotopic (exact) mass is 290 g/mol. The van der Waals surface area contributed by atoms with Gasteiger partial charge >= 0.3 is 0 Å². The number of carbonyl (C=O) groups excluding carboxylic acids is 1. The van der Waals surface area contributed by atoms with Gasteiger partial charge in [-0.05, 0) is 38.1 Å². The maximum absolute atomic E-state index is 12.5. The average molecular weight is 291 g/mol. The van der Waals surface area contributed by atoms with Gasteiger partial charge in [-0.2, -0.15) is 0 Å². The van der Waals surface area contributed by atoms with Crippen LogP contribution in [-0.2, 0) is 4.79 Å². The van der Waals surface area contributed by atoms with Crippen molar-refractivity contribution in [3.05, 3.63) is 0 Å². The Balaban J connectivity index is 0.00000324. The minimum Gasteiger partial charge on any atom is -0.339 e. The topological polar surface area (TPSA) is 32.3 Å². The lowest BCUT2D eigenvalue weighted by molar-refractivity contribution is -0.134. The second-order valence-corrected chi connectivity index (χ2v) is 5.91. The summed E-state index contributed by atoms with van der Waals surface area (Å²) in [4.78, 5) is 14.6. The van der Waals surface area contributed by atoms with Gasteiger partial charge in [-0.25, -0.2) is 0 Å². The molecule has 1 N–H and O–H groups in total. The number of hydrogen-bond acceptors (Lipinski definition) is 2. The average Bonchev–Trinajstić information content (AvgIpc) is 2.81. The van der Waals surface area contributed by atoms with E-state index in [0.29, 0.717) is 30.3 Å². The van der Waals surface area contributed by atoms with Gasteiger partial charge < -0.3 is 10.2 Å². The van der Waals surface area contributed by atoms with Crippen LogP contribution in [0.15, 0.2) is 0 Å². The van der Waals surface area contributed by atoms with E-state index in [4.69, 9.17) is 0 Å². The Morgan fingerprint density at radius 2 is 1.95 bits per heavy atom. The van der Waals surface area contributed by atoms with Crippen LogP contribution in [0.1, 0.15) is 59.8 Å². The van der Waals surface area contributed by atoms with Crippen molar-refractivity contribution in [2.45, 2.75) is 71.9 Å². The molecule has 1 saturated heterocycles. The first-order valence-electron chi connectivity index (χ1n) is 7.61. The van der Waals surface area contributed by atoms with E-state index in [1.54, 1.807) is 0 Å². The first-order chi connectivity index (χ1) is 8.58. The molecule has 3 nitrogen and oxygen atoms in total. The van der Waals surface area contributed by atoms with Crippen LogP contribution in [-0.4, -0.2) is 36.0 Å². The summed E-state index contributed by atoms with van der Waals surface area (Å²) in [6.45, 7) is 10.7. The SMILES string of the molecule is CCC(CC)N(CC(C)C)C(=O)CC1CCCN1.Cl. The van der Waals surface area contributed by atoms with Crippen LogP contribution in [0.4, 0.5) is 0 Å². The zero-order valence-corrected chi connectivity index (χ0v) is 13.8. The molecule has 1 amide bonds. The minimum atomic E-state index is 0. The largest absolute Gasteiger partial charge is 0.339 e. The molecule has 1 unspecified atom stereocenters. The van der Waals surface area contributed by atoms with Crippen molar-refractivity contribution >= 4 is 18.3 Å². The van der Waals surface area contributed by atoms with Crippen molar-refractivity contribution in [2.75, 3.05) is 13.1 Å². The van der Waals surface area contributed by atoms with Crippen molar-refractivity contribution in [3.8, 4) is 0 Å². The van der Waals surface area contributed by atoms with Crippen LogP contribution >= 0.6 is 12.4 Å². The Morgan fingerprint density at radius 3 is 2.37 bits per heavy atom. The Hall–Kier alpha value is -0.280. The van der Waals surface area contributed by atoms with Gasteiger partial charge in [0, 0.05) is 25.0 Å². The van der Waals surface area contributed by atoms with Crippen LogP contribution in [0.3, 0.4) is 0 Å². The van der Waals surface area contributed by atoms with Gasteiger partial charge in [-0.15, -0.1) is 12.4 Å². The third-order valence-electron chi connectivity index (χ3n) is 3.85. The van der Waals surface area contributed by atoms with Crippen LogP contribution in [0, 0.1) is 5.92 Å². The zero-order chi connectivity index (χ0) is 13.5. The molecule has 1 aliphatic heterocycles. The normalized spacial score (nSPS) is 18.7. The van der Waals surface area contributed by atoms with Gasteiger partial charge in [0.25, 0.3) is 0 Å². The molecule has 0 spiro atoms. The quantitative estimate of drug-likeness (QED) is 0.781. The summed E-state index contributed by atoms with van der Waals surface area (Å²) in [5.41, 5.74) is 0. The van der Waals surface area contributed by atoms with Crippen LogP contribution < -0.4 is 5.32 Å². The third kappa shape index (κ3) is 6.13. The number of nitrogens with one attached hydrogen (secondary N) is 1. The zero-order valence-electron chi connectivity index (χ0n) is 12.9. The predicted molar refractivity (Wildman–Crippen MR) is 83.8 cm³/mol. The minimum absolute atomic E-state index is 0. The number of amides is 1. The lowest BCUT2D eigenvalue weighted by Crippen LogP contribution is -2.44. The molecule has 114 valence electrons. The van der Waals surface area contributed by atoms with E-state index < -0.39 is 0 Å². The summed E-state index contributed by atoms with van der Waals surface area (Å²) in [5.74, 6) is 0.892. The first-order valence-corrected chi connectivity index (χ1v) is 7.61. The van der Waals surface area contributed by atoms with Gasteiger partial charge in [-0.3, -0.25) is 4.79 Å². The Morgan fingerprint density at radius 1 is 1.32 bits per heavy atom. The molecule has 1 rings (SSSR count). The van der Waals surface area contributed by atoms with Gasteiger partial charge in [0.05, 0.1) is 0 Å². The molecule has 1 atom stereocenters. The summed E-state index contributed by atoms with van der Waals surface area (Å²) in [6, 6.07) is 0.836. The number of rotatable bonds is 7. The molecule has 1 fully saturated rings. The standard InChI is InChI=1S/C15H30N2O.ClH/c1-5-14(6-2)17(11-12(3)4)15(18)10-13-8-7-9-16-13;/h12-14,16H,5-11H2,1-4H3;1H. The van der Waals surface area contributed by atoms with Crippen molar-refractivity contribution in [3.63, 3.8) is 0 Å². The van der Waals surface area contributed by atoms with Gasteiger partial charge in [0.1, 0.15) is 0 Å². The van der Waals surface area contributed by atoms with E-state index >= 15 is 0 Å². The molecule has 1 heterocycles. The van der Waals surface area contributed by atoms with Gasteiger partial charge in [0.15, 0.2) is 0 Å². The summed E-state index contributed by atoms with van der Waals surface area (Å²) < 4.78 is 0. The number of nitrogens with zero attached hydrogens (tertiary/aromatic N) is 1. The second kappa shape index (κ2) is 9.60. The summed E-state index contributed by atoms with van der Waals surface area (Å²) >= 11 is 0. The van der Waals surface area contributed by atoms with E-state index in [1.165, 1.54) is 6.42 Å². The highest BCUT2D eigenvalue weighted by Crippen LogP contribution is 2.16. The lowest BCUT2D eigenvalue weighted by Gasteiger charge is -2.33. The number of carbonyl (C=O) groups is 1. The third-order valence-corrected chi connectivity index (χ3v) is 3.85. The van der Waals surface area contributed by atoms with Gasteiger partial charge in [0.2, 0.25) is 5.91 Å². The summed E-state index contributed by atoms with van der Waals surface area (Å²) in [7, 11) is 0. The van der Waals surface area contributed by atoms with E-state index in [0.717, 1.165) is 32.4 Å². The highest BCUT2D eigenvalue weighted by molar-refractivity contribution is 5.85. The fraction of sp³-hybridized carbons (Fsp3) is 0.933. The van der Waals surface area contributed by atoms with Crippen LogP contribution in [0.5, 0.6) is 0 Å². The van der Waals surface area contributed by atoms with Gasteiger partial charge in [-0.1, -0.05) is 27.7 Å². The molecule has 4 heteroatoms. The van der Waals surface area contributed by atoms with Crippen molar-refractivity contribution in [1.82, 2.24) is 10.2 Å².